The van der Waals surface area contributed by atoms with Crippen molar-refractivity contribution in [3.8, 4) is 0 Å². The van der Waals surface area contributed by atoms with Gasteiger partial charge in [-0.2, -0.15) is 0 Å². The molecule has 4 rings (SSSR count). The SMILES string of the molecule is O=C1C2=C(NCCC2)C(=O)c2c1ccn2S(=O)(=O)c1ccccc1. The molecular weight excluding hydrogens is 328 g/mol. The van der Waals surface area contributed by atoms with Crippen LogP contribution in [0.4, 0.5) is 0 Å². The summed E-state index contributed by atoms with van der Waals surface area (Å²) < 4.78 is 26.6. The average molecular weight is 342 g/mol. The standard InChI is InChI=1S/C17H14N2O4S/c20-16-12-7-4-9-18-14(12)17(21)15-13(16)8-10-19(15)24(22,23)11-5-2-1-3-6-11/h1-3,5-6,8,10,18H,4,7,9H2. The molecule has 0 saturated carbocycles. The number of allylic oxidation sites excluding steroid dienone is 2. The number of benzene rings is 1. The fourth-order valence-electron chi connectivity index (χ4n) is 3.16. The zero-order chi connectivity index (χ0) is 16.9. The number of carbonyl (C=O) groups excluding carboxylic acids is 2. The molecule has 0 radical (unpaired) electrons. The summed E-state index contributed by atoms with van der Waals surface area (Å²) >= 11 is 0. The van der Waals surface area contributed by atoms with Crippen LogP contribution in [0.2, 0.25) is 0 Å². The van der Waals surface area contributed by atoms with Crippen molar-refractivity contribution in [3.63, 3.8) is 0 Å². The van der Waals surface area contributed by atoms with Crippen LogP contribution in [-0.4, -0.2) is 30.5 Å². The lowest BCUT2D eigenvalue weighted by atomic mass is 9.87. The molecule has 1 aliphatic heterocycles. The molecule has 6 nitrogen and oxygen atoms in total. The van der Waals surface area contributed by atoms with Crippen LogP contribution in [0.15, 0.2) is 58.8 Å². The maximum absolute atomic E-state index is 12.8. The van der Waals surface area contributed by atoms with Crippen LogP contribution in [0.1, 0.15) is 33.7 Å². The van der Waals surface area contributed by atoms with Gasteiger partial charge >= 0.3 is 0 Å². The van der Waals surface area contributed by atoms with E-state index in [0.717, 1.165) is 10.4 Å². The highest BCUT2D eigenvalue weighted by atomic mass is 32.2. The Kier molecular flexibility index (Phi) is 3.21. The molecule has 0 bridgehead atoms. The second kappa shape index (κ2) is 5.17. The minimum atomic E-state index is -3.94. The number of hydrogen-bond acceptors (Lipinski definition) is 5. The Morgan fingerprint density at radius 1 is 1.00 bits per heavy atom. The molecular formula is C17H14N2O4S. The molecule has 0 atom stereocenters. The molecule has 122 valence electrons. The van der Waals surface area contributed by atoms with Crippen molar-refractivity contribution in [2.75, 3.05) is 6.54 Å². The van der Waals surface area contributed by atoms with E-state index in [0.29, 0.717) is 18.5 Å². The average Bonchev–Trinajstić information content (AvgIpc) is 3.07. The van der Waals surface area contributed by atoms with E-state index < -0.39 is 15.8 Å². The van der Waals surface area contributed by atoms with Crippen molar-refractivity contribution >= 4 is 21.6 Å². The van der Waals surface area contributed by atoms with Crippen molar-refractivity contribution < 1.29 is 18.0 Å². The maximum Gasteiger partial charge on any atom is 0.268 e. The fourth-order valence-corrected chi connectivity index (χ4v) is 4.53. The zero-order valence-electron chi connectivity index (χ0n) is 12.7. The lowest BCUT2D eigenvalue weighted by Crippen LogP contribution is -2.35. The molecule has 2 heterocycles. The Bertz CT molecular complexity index is 1000. The van der Waals surface area contributed by atoms with Gasteiger partial charge in [0.15, 0.2) is 5.78 Å². The van der Waals surface area contributed by atoms with Gasteiger partial charge in [-0.05, 0) is 31.0 Å². The van der Waals surface area contributed by atoms with Crippen LogP contribution in [-0.2, 0) is 10.0 Å². The quantitative estimate of drug-likeness (QED) is 0.898. The molecule has 1 aliphatic carbocycles. The second-order valence-electron chi connectivity index (χ2n) is 5.73. The van der Waals surface area contributed by atoms with Gasteiger partial charge in [0.1, 0.15) is 5.69 Å². The third kappa shape index (κ3) is 1.98. The van der Waals surface area contributed by atoms with Crippen molar-refractivity contribution in [2.45, 2.75) is 17.7 Å². The molecule has 0 amide bonds. The highest BCUT2D eigenvalue weighted by Crippen LogP contribution is 2.32. The maximum atomic E-state index is 12.8. The first kappa shape index (κ1) is 14.9. The molecule has 1 aromatic carbocycles. The molecule has 7 heteroatoms. The van der Waals surface area contributed by atoms with Crippen LogP contribution < -0.4 is 5.32 Å². The molecule has 2 aliphatic rings. The number of nitrogens with zero attached hydrogens (tertiary/aromatic N) is 1. The van der Waals surface area contributed by atoms with Gasteiger partial charge in [-0.3, -0.25) is 9.59 Å². The highest BCUT2D eigenvalue weighted by Gasteiger charge is 2.38. The van der Waals surface area contributed by atoms with Gasteiger partial charge in [0, 0.05) is 18.3 Å². The fraction of sp³-hybridized carbons (Fsp3) is 0.176. The smallest absolute Gasteiger partial charge is 0.268 e. The number of aromatic nitrogens is 1. The Morgan fingerprint density at radius 3 is 2.50 bits per heavy atom. The van der Waals surface area contributed by atoms with Gasteiger partial charge < -0.3 is 5.32 Å². The first-order valence-corrected chi connectivity index (χ1v) is 9.04. The summed E-state index contributed by atoms with van der Waals surface area (Å²) in [6.07, 6.45) is 2.58. The van der Waals surface area contributed by atoms with E-state index in [1.54, 1.807) is 18.2 Å². The van der Waals surface area contributed by atoms with Crippen molar-refractivity contribution in [3.05, 3.63) is 65.1 Å². The molecule has 0 saturated heterocycles. The van der Waals surface area contributed by atoms with Crippen LogP contribution in [0, 0.1) is 0 Å². The van der Waals surface area contributed by atoms with Gasteiger partial charge in [-0.1, -0.05) is 18.2 Å². The molecule has 0 spiro atoms. The topological polar surface area (TPSA) is 85.2 Å². The van der Waals surface area contributed by atoms with Crippen molar-refractivity contribution in [1.29, 1.82) is 0 Å². The first-order valence-electron chi connectivity index (χ1n) is 7.60. The second-order valence-corrected chi connectivity index (χ2v) is 7.55. The highest BCUT2D eigenvalue weighted by molar-refractivity contribution is 7.90. The number of hydrogen-bond donors (Lipinski definition) is 1. The first-order chi connectivity index (χ1) is 11.5. The predicted molar refractivity (Wildman–Crippen MR) is 86.4 cm³/mol. The Balaban J connectivity index is 1.91. The lowest BCUT2D eigenvalue weighted by molar-refractivity contribution is 0.0958. The van der Waals surface area contributed by atoms with Crippen LogP contribution in [0.25, 0.3) is 0 Å². The van der Waals surface area contributed by atoms with Gasteiger partial charge in [0.25, 0.3) is 10.0 Å². The molecule has 0 fully saturated rings. The summed E-state index contributed by atoms with van der Waals surface area (Å²) in [5, 5.41) is 2.95. The molecule has 1 N–H and O–H groups in total. The number of rotatable bonds is 2. The largest absolute Gasteiger partial charge is 0.381 e. The minimum Gasteiger partial charge on any atom is -0.381 e. The molecule has 2 aromatic rings. The molecule has 24 heavy (non-hydrogen) atoms. The normalized spacial score (nSPS) is 17.3. The van der Waals surface area contributed by atoms with Gasteiger partial charge in [0.2, 0.25) is 5.78 Å². The van der Waals surface area contributed by atoms with Gasteiger partial charge in [-0.15, -0.1) is 0 Å². The van der Waals surface area contributed by atoms with E-state index in [2.05, 4.69) is 5.32 Å². The summed E-state index contributed by atoms with van der Waals surface area (Å²) in [6, 6.07) is 9.26. The van der Waals surface area contributed by atoms with E-state index in [4.69, 9.17) is 0 Å². The monoisotopic (exact) mass is 342 g/mol. The predicted octanol–water partition coefficient (Wildman–Crippen LogP) is 1.74. The summed E-state index contributed by atoms with van der Waals surface area (Å²) in [6.45, 7) is 0.597. The van der Waals surface area contributed by atoms with Crippen LogP contribution in [0.5, 0.6) is 0 Å². The number of ketones is 2. The van der Waals surface area contributed by atoms with Crippen LogP contribution in [0.3, 0.4) is 0 Å². The van der Waals surface area contributed by atoms with E-state index in [-0.39, 0.29) is 27.6 Å². The minimum absolute atomic E-state index is 0.0695. The van der Waals surface area contributed by atoms with E-state index >= 15 is 0 Å². The molecule has 1 aromatic heterocycles. The molecule has 0 unspecified atom stereocenters. The van der Waals surface area contributed by atoms with E-state index in [9.17, 15) is 18.0 Å². The van der Waals surface area contributed by atoms with E-state index in [1.807, 2.05) is 0 Å². The van der Waals surface area contributed by atoms with E-state index in [1.165, 1.54) is 24.4 Å². The number of Topliss-reactive ketones (excluding diaryl/α,β-unsaturated/α-hetero) is 2. The third-order valence-electron chi connectivity index (χ3n) is 4.32. The number of carbonyl (C=O) groups is 2. The summed E-state index contributed by atoms with van der Waals surface area (Å²) in [7, 11) is -3.94. The number of nitrogens with one attached hydrogen (secondary N) is 1. The summed E-state index contributed by atoms with van der Waals surface area (Å²) in [5.41, 5.74) is 0.759. The third-order valence-corrected chi connectivity index (χ3v) is 6.01. The van der Waals surface area contributed by atoms with Gasteiger partial charge in [-0.25, -0.2) is 12.4 Å². The Morgan fingerprint density at radius 2 is 1.75 bits per heavy atom. The Hall–Kier alpha value is -2.67. The number of fused-ring (bicyclic) bond motifs is 1. The lowest BCUT2D eigenvalue weighted by Gasteiger charge is -2.25. The van der Waals surface area contributed by atoms with Gasteiger partial charge in [0.05, 0.1) is 16.2 Å². The van der Waals surface area contributed by atoms with Crippen LogP contribution >= 0.6 is 0 Å². The zero-order valence-corrected chi connectivity index (χ0v) is 13.5. The Labute approximate surface area is 138 Å². The van der Waals surface area contributed by atoms with Crippen molar-refractivity contribution in [1.82, 2.24) is 9.29 Å². The van der Waals surface area contributed by atoms with Crippen molar-refractivity contribution in [2.24, 2.45) is 0 Å². The summed E-state index contributed by atoms with van der Waals surface area (Å²) in [4.78, 5) is 25.5. The summed E-state index contributed by atoms with van der Waals surface area (Å²) in [5.74, 6) is -0.711.